The molecular formula is C25H26F3N3O7. The minimum Gasteiger partial charge on any atom is -0.450 e. The highest BCUT2D eigenvalue weighted by Crippen LogP contribution is 2.24. The highest BCUT2D eigenvalue weighted by molar-refractivity contribution is 5.89. The van der Waals surface area contributed by atoms with Crippen LogP contribution >= 0.6 is 0 Å². The Hall–Kier alpha value is -4.42. The number of esters is 2. The number of ether oxygens (including phenoxy) is 2. The summed E-state index contributed by atoms with van der Waals surface area (Å²) in [5, 5.41) is 7.10. The van der Waals surface area contributed by atoms with Crippen molar-refractivity contribution >= 4 is 29.8 Å². The maximum Gasteiger partial charge on any atom is 0.491 e. The molecule has 204 valence electrons. The van der Waals surface area contributed by atoms with Crippen molar-refractivity contribution in [2.45, 2.75) is 32.0 Å². The van der Waals surface area contributed by atoms with Gasteiger partial charge in [0.15, 0.2) is 0 Å². The van der Waals surface area contributed by atoms with Crippen molar-refractivity contribution < 1.29 is 46.6 Å². The molecule has 0 aliphatic carbocycles. The van der Waals surface area contributed by atoms with Crippen LogP contribution in [0.5, 0.6) is 0 Å². The van der Waals surface area contributed by atoms with Crippen molar-refractivity contribution in [1.82, 2.24) is 16.0 Å². The average Bonchev–Trinajstić information content (AvgIpc) is 2.87. The Labute approximate surface area is 215 Å². The third-order valence-corrected chi connectivity index (χ3v) is 4.91. The SMILES string of the molecule is CCOC(=O)NCCC(=O)NCC(=O)NC(CC(=O)OC(=O)C(F)(F)F)c1ccc(-c2ccccc2)cc1. The van der Waals surface area contributed by atoms with E-state index in [1.54, 1.807) is 31.2 Å². The highest BCUT2D eigenvalue weighted by atomic mass is 19.4. The van der Waals surface area contributed by atoms with E-state index in [1.807, 2.05) is 30.3 Å². The Morgan fingerprint density at radius 2 is 1.50 bits per heavy atom. The Bertz CT molecular complexity index is 1120. The molecule has 38 heavy (non-hydrogen) atoms. The van der Waals surface area contributed by atoms with Gasteiger partial charge < -0.3 is 25.4 Å². The topological polar surface area (TPSA) is 140 Å². The lowest BCUT2D eigenvalue weighted by atomic mass is 9.99. The molecule has 10 nitrogen and oxygen atoms in total. The van der Waals surface area contributed by atoms with Crippen LogP contribution in [0.25, 0.3) is 11.1 Å². The van der Waals surface area contributed by atoms with Gasteiger partial charge in [0.05, 0.1) is 25.6 Å². The van der Waals surface area contributed by atoms with Crippen molar-refractivity contribution in [3.8, 4) is 11.1 Å². The smallest absolute Gasteiger partial charge is 0.450 e. The van der Waals surface area contributed by atoms with Crippen LogP contribution < -0.4 is 16.0 Å². The molecule has 0 saturated carbocycles. The van der Waals surface area contributed by atoms with Crippen molar-refractivity contribution in [1.29, 1.82) is 0 Å². The zero-order valence-electron chi connectivity index (χ0n) is 20.3. The lowest BCUT2D eigenvalue weighted by Crippen LogP contribution is -2.40. The standard InChI is InChI=1S/C25H26F3N3O7/c1-2-37-24(36)29-13-12-20(32)30-15-21(33)31-19(14-22(34)38-23(35)25(26,27)28)18-10-8-17(9-11-18)16-6-4-3-5-7-16/h3-11,19H,2,12-15H2,1H3,(H,29,36)(H,30,32)(H,31,33). The highest BCUT2D eigenvalue weighted by Gasteiger charge is 2.42. The maximum absolute atomic E-state index is 12.5. The van der Waals surface area contributed by atoms with E-state index in [0.29, 0.717) is 5.56 Å². The van der Waals surface area contributed by atoms with Crippen LogP contribution in [-0.4, -0.2) is 55.7 Å². The fraction of sp³-hybridized carbons (Fsp3) is 0.320. The van der Waals surface area contributed by atoms with Gasteiger partial charge in [0.25, 0.3) is 0 Å². The predicted molar refractivity (Wildman–Crippen MR) is 127 cm³/mol. The number of halogens is 3. The van der Waals surface area contributed by atoms with Crippen LogP contribution in [0.15, 0.2) is 54.6 Å². The summed E-state index contributed by atoms with van der Waals surface area (Å²) in [5.74, 6) is -5.51. The van der Waals surface area contributed by atoms with E-state index in [-0.39, 0.29) is 19.6 Å². The summed E-state index contributed by atoms with van der Waals surface area (Å²) in [5.41, 5.74) is 2.03. The first kappa shape index (κ1) is 29.8. The number of rotatable bonds is 11. The molecule has 0 bridgehead atoms. The molecular weight excluding hydrogens is 511 g/mol. The molecule has 0 aromatic heterocycles. The first-order valence-electron chi connectivity index (χ1n) is 11.4. The zero-order valence-corrected chi connectivity index (χ0v) is 20.3. The van der Waals surface area contributed by atoms with Crippen LogP contribution in [0, 0.1) is 0 Å². The van der Waals surface area contributed by atoms with Gasteiger partial charge in [-0.1, -0.05) is 54.6 Å². The Morgan fingerprint density at radius 3 is 2.11 bits per heavy atom. The number of carbonyl (C=O) groups is 5. The van der Waals surface area contributed by atoms with Crippen molar-refractivity contribution in [2.24, 2.45) is 0 Å². The molecule has 1 atom stereocenters. The third kappa shape index (κ3) is 10.3. The molecule has 0 aliphatic heterocycles. The fourth-order valence-electron chi connectivity index (χ4n) is 3.13. The van der Waals surface area contributed by atoms with Crippen LogP contribution in [0.2, 0.25) is 0 Å². The average molecular weight is 537 g/mol. The number of benzene rings is 2. The zero-order chi connectivity index (χ0) is 28.1. The van der Waals surface area contributed by atoms with Crippen LogP contribution in [0.4, 0.5) is 18.0 Å². The van der Waals surface area contributed by atoms with E-state index in [0.717, 1.165) is 11.1 Å². The largest absolute Gasteiger partial charge is 0.491 e. The van der Waals surface area contributed by atoms with Gasteiger partial charge in [0.2, 0.25) is 11.8 Å². The van der Waals surface area contributed by atoms with Crippen molar-refractivity contribution in [3.63, 3.8) is 0 Å². The maximum atomic E-state index is 12.5. The second-order valence-electron chi connectivity index (χ2n) is 7.75. The molecule has 2 aromatic carbocycles. The molecule has 3 amide bonds. The van der Waals surface area contributed by atoms with Gasteiger partial charge in [-0.25, -0.2) is 9.59 Å². The van der Waals surface area contributed by atoms with E-state index < -0.39 is 55.0 Å². The second-order valence-corrected chi connectivity index (χ2v) is 7.75. The molecule has 2 aromatic rings. The number of alkyl carbamates (subject to hydrolysis) is 1. The van der Waals surface area contributed by atoms with Gasteiger partial charge in [-0.3, -0.25) is 14.4 Å². The Kier molecular flexibility index (Phi) is 11.3. The van der Waals surface area contributed by atoms with E-state index in [2.05, 4.69) is 25.4 Å². The van der Waals surface area contributed by atoms with E-state index in [4.69, 9.17) is 0 Å². The quantitative estimate of drug-likeness (QED) is 0.296. The first-order valence-corrected chi connectivity index (χ1v) is 11.4. The normalized spacial score (nSPS) is 11.6. The Morgan fingerprint density at radius 1 is 0.868 bits per heavy atom. The van der Waals surface area contributed by atoms with Crippen LogP contribution in [-0.2, 0) is 28.7 Å². The van der Waals surface area contributed by atoms with Crippen LogP contribution in [0.1, 0.15) is 31.4 Å². The minimum absolute atomic E-state index is 0.0399. The van der Waals surface area contributed by atoms with Gasteiger partial charge in [-0.15, -0.1) is 0 Å². The molecule has 0 radical (unpaired) electrons. The molecule has 13 heteroatoms. The number of nitrogens with one attached hydrogen (secondary N) is 3. The monoisotopic (exact) mass is 537 g/mol. The first-order chi connectivity index (χ1) is 18.0. The number of amides is 3. The predicted octanol–water partition coefficient (Wildman–Crippen LogP) is 2.79. The molecule has 2 rings (SSSR count). The molecule has 0 spiro atoms. The lowest BCUT2D eigenvalue weighted by molar-refractivity contribution is -0.202. The van der Waals surface area contributed by atoms with E-state index in [9.17, 15) is 37.1 Å². The summed E-state index contributed by atoms with van der Waals surface area (Å²) < 4.78 is 45.9. The molecule has 1 unspecified atom stereocenters. The molecule has 0 heterocycles. The number of carbonyl (C=O) groups excluding carboxylic acids is 5. The summed E-state index contributed by atoms with van der Waals surface area (Å²) >= 11 is 0. The summed E-state index contributed by atoms with van der Waals surface area (Å²) in [7, 11) is 0. The van der Waals surface area contributed by atoms with Gasteiger partial charge in [0.1, 0.15) is 0 Å². The molecule has 0 fully saturated rings. The van der Waals surface area contributed by atoms with E-state index >= 15 is 0 Å². The van der Waals surface area contributed by atoms with Crippen LogP contribution in [0.3, 0.4) is 0 Å². The molecule has 3 N–H and O–H groups in total. The fourth-order valence-corrected chi connectivity index (χ4v) is 3.13. The number of hydrogen-bond donors (Lipinski definition) is 3. The number of hydrogen-bond acceptors (Lipinski definition) is 7. The molecule has 0 aliphatic rings. The number of alkyl halides is 3. The minimum atomic E-state index is -5.36. The van der Waals surface area contributed by atoms with Gasteiger partial charge in [-0.05, 0) is 23.6 Å². The van der Waals surface area contributed by atoms with Gasteiger partial charge in [-0.2, -0.15) is 13.2 Å². The molecule has 0 saturated heterocycles. The summed E-state index contributed by atoms with van der Waals surface area (Å²) in [4.78, 5) is 58.6. The summed E-state index contributed by atoms with van der Waals surface area (Å²) in [6.45, 7) is 1.21. The lowest BCUT2D eigenvalue weighted by Gasteiger charge is -2.19. The van der Waals surface area contributed by atoms with Crippen molar-refractivity contribution in [2.75, 3.05) is 19.7 Å². The summed E-state index contributed by atoms with van der Waals surface area (Å²) in [6, 6.07) is 14.6. The summed E-state index contributed by atoms with van der Waals surface area (Å²) in [6.07, 6.45) is -6.99. The van der Waals surface area contributed by atoms with Crippen molar-refractivity contribution in [3.05, 3.63) is 60.2 Å². The Balaban J connectivity index is 2.03. The van der Waals surface area contributed by atoms with Gasteiger partial charge in [0, 0.05) is 13.0 Å². The van der Waals surface area contributed by atoms with E-state index in [1.165, 1.54) is 0 Å². The second kappa shape index (κ2) is 14.4. The van der Waals surface area contributed by atoms with Gasteiger partial charge >= 0.3 is 24.2 Å². The third-order valence-electron chi connectivity index (χ3n) is 4.91.